The van der Waals surface area contributed by atoms with Gasteiger partial charge in [0.1, 0.15) is 0 Å². The molecular weight excluding hydrogens is 415 g/mol. The van der Waals surface area contributed by atoms with Crippen LogP contribution in [0.5, 0.6) is 0 Å². The van der Waals surface area contributed by atoms with Crippen molar-refractivity contribution in [3.8, 4) is 0 Å². The van der Waals surface area contributed by atoms with E-state index in [4.69, 9.17) is 0 Å². The molecule has 0 bridgehead atoms. The Morgan fingerprint density at radius 2 is 1.07 bits per heavy atom. The van der Waals surface area contributed by atoms with Crippen molar-refractivity contribution in [1.29, 1.82) is 0 Å². The lowest BCUT2D eigenvalue weighted by Gasteiger charge is -2.16. The smallest absolute Gasteiger partial charge is 0.423 e. The molecule has 8 nitrogen and oxygen atoms in total. The quantitative estimate of drug-likeness (QED) is 0.412. The molecule has 0 aliphatic rings. The predicted octanol–water partition coefficient (Wildman–Crippen LogP) is 0.968. The van der Waals surface area contributed by atoms with Crippen molar-refractivity contribution in [3.63, 3.8) is 0 Å². The van der Waals surface area contributed by atoms with E-state index >= 15 is 0 Å². The van der Waals surface area contributed by atoms with Gasteiger partial charge < -0.3 is 10.0 Å². The van der Waals surface area contributed by atoms with E-state index in [1.165, 1.54) is 36.4 Å². The Morgan fingerprint density at radius 1 is 0.621 bits per heavy atom. The second kappa shape index (κ2) is 8.25. The largest absolute Gasteiger partial charge is 0.488 e. The fourth-order valence-corrected chi connectivity index (χ4v) is 4.70. The average Bonchev–Trinajstić information content (AvgIpc) is 2.70. The minimum Gasteiger partial charge on any atom is -0.423 e. The van der Waals surface area contributed by atoms with E-state index in [-0.39, 0.29) is 26.6 Å². The summed E-state index contributed by atoms with van der Waals surface area (Å²) in [6.07, 6.45) is 0. The van der Waals surface area contributed by atoms with Crippen molar-refractivity contribution in [2.75, 3.05) is 9.44 Å². The van der Waals surface area contributed by atoms with Crippen LogP contribution in [0.4, 0.5) is 11.4 Å². The molecule has 0 atom stereocenters. The summed E-state index contributed by atoms with van der Waals surface area (Å²) in [4.78, 5) is -0.0463. The first-order chi connectivity index (χ1) is 13.7. The molecule has 0 radical (unpaired) electrons. The molecule has 11 heteroatoms. The van der Waals surface area contributed by atoms with E-state index in [0.29, 0.717) is 0 Å². The van der Waals surface area contributed by atoms with Crippen LogP contribution < -0.4 is 14.9 Å². The second-order valence-electron chi connectivity index (χ2n) is 6.02. The van der Waals surface area contributed by atoms with Gasteiger partial charge in [0.15, 0.2) is 0 Å². The molecule has 0 amide bonds. The van der Waals surface area contributed by atoms with Crippen LogP contribution in [-0.4, -0.2) is 34.0 Å². The normalized spacial score (nSPS) is 11.7. The van der Waals surface area contributed by atoms with E-state index < -0.39 is 27.2 Å². The summed E-state index contributed by atoms with van der Waals surface area (Å²) in [5, 5.41) is 18.8. The van der Waals surface area contributed by atoms with Gasteiger partial charge in [-0.15, -0.1) is 0 Å². The van der Waals surface area contributed by atoms with Crippen LogP contribution >= 0.6 is 0 Å². The minimum atomic E-state index is -4.05. The number of hydrogen-bond acceptors (Lipinski definition) is 6. The zero-order valence-corrected chi connectivity index (χ0v) is 16.6. The molecule has 0 saturated heterocycles. The molecule has 0 aliphatic carbocycles. The summed E-state index contributed by atoms with van der Waals surface area (Å²) >= 11 is 0. The molecule has 0 aromatic heterocycles. The Balaban J connectivity index is 2.02. The third kappa shape index (κ3) is 4.95. The molecule has 3 rings (SSSR count). The van der Waals surface area contributed by atoms with Gasteiger partial charge in [0.25, 0.3) is 20.0 Å². The van der Waals surface area contributed by atoms with Gasteiger partial charge in [-0.25, -0.2) is 16.8 Å². The van der Waals surface area contributed by atoms with Crippen LogP contribution in [0.2, 0.25) is 0 Å². The first-order valence-corrected chi connectivity index (χ1v) is 11.3. The third-order valence-corrected chi connectivity index (χ3v) is 6.70. The highest BCUT2D eigenvalue weighted by Crippen LogP contribution is 2.26. The maximum atomic E-state index is 12.7. The predicted molar refractivity (Wildman–Crippen MR) is 111 cm³/mol. The monoisotopic (exact) mass is 432 g/mol. The number of rotatable bonds is 7. The van der Waals surface area contributed by atoms with Gasteiger partial charge in [-0.2, -0.15) is 0 Å². The lowest BCUT2D eigenvalue weighted by Crippen LogP contribution is -2.30. The van der Waals surface area contributed by atoms with Gasteiger partial charge in [-0.3, -0.25) is 9.44 Å². The fraction of sp³-hybridized carbons (Fsp3) is 0. The zero-order valence-electron chi connectivity index (χ0n) is 14.9. The number of benzene rings is 3. The van der Waals surface area contributed by atoms with Crippen LogP contribution in [0.1, 0.15) is 0 Å². The number of nitrogens with one attached hydrogen (secondary N) is 2. The maximum absolute atomic E-state index is 12.7. The Labute approximate surface area is 169 Å². The molecule has 3 aromatic rings. The van der Waals surface area contributed by atoms with E-state index in [1.54, 1.807) is 36.4 Å². The Kier molecular flexibility index (Phi) is 5.94. The number of sulfonamides is 2. The van der Waals surface area contributed by atoms with Crippen LogP contribution in [0, 0.1) is 0 Å². The van der Waals surface area contributed by atoms with E-state index in [9.17, 15) is 26.9 Å². The van der Waals surface area contributed by atoms with Crippen molar-refractivity contribution in [2.45, 2.75) is 9.79 Å². The lowest BCUT2D eigenvalue weighted by atomic mass is 9.80. The molecule has 0 saturated carbocycles. The summed E-state index contributed by atoms with van der Waals surface area (Å²) < 4.78 is 55.2. The van der Waals surface area contributed by atoms with Gasteiger partial charge in [0, 0.05) is 0 Å². The summed E-state index contributed by atoms with van der Waals surface area (Å²) in [5.74, 6) is 0. The summed E-state index contributed by atoms with van der Waals surface area (Å²) in [5.41, 5.74) is -0.241. The van der Waals surface area contributed by atoms with Crippen molar-refractivity contribution >= 4 is 44.0 Å². The SMILES string of the molecule is O=S(=O)(Nc1ccc(B(O)O)cc1NS(=O)(=O)c1ccccc1)c1ccccc1. The molecule has 0 spiro atoms. The van der Waals surface area contributed by atoms with Crippen molar-refractivity contribution in [3.05, 3.63) is 78.9 Å². The lowest BCUT2D eigenvalue weighted by molar-refractivity contribution is 0.426. The molecule has 4 N–H and O–H groups in total. The van der Waals surface area contributed by atoms with Gasteiger partial charge in [-0.1, -0.05) is 42.5 Å². The van der Waals surface area contributed by atoms with Gasteiger partial charge in [0.05, 0.1) is 21.2 Å². The van der Waals surface area contributed by atoms with E-state index in [0.717, 1.165) is 6.07 Å². The first kappa shape index (κ1) is 20.9. The van der Waals surface area contributed by atoms with Gasteiger partial charge in [0.2, 0.25) is 0 Å². The second-order valence-corrected chi connectivity index (χ2v) is 9.38. The summed E-state index contributed by atoms with van der Waals surface area (Å²) in [6, 6.07) is 18.7. The molecule has 3 aromatic carbocycles. The number of hydrogen-bond donors (Lipinski definition) is 4. The molecule has 0 aliphatic heterocycles. The van der Waals surface area contributed by atoms with Gasteiger partial charge >= 0.3 is 7.12 Å². The van der Waals surface area contributed by atoms with Crippen molar-refractivity contribution < 1.29 is 26.9 Å². The van der Waals surface area contributed by atoms with Crippen LogP contribution in [0.25, 0.3) is 0 Å². The average molecular weight is 432 g/mol. The van der Waals surface area contributed by atoms with Crippen molar-refractivity contribution in [1.82, 2.24) is 0 Å². The molecule has 150 valence electrons. The minimum absolute atomic E-state index is 0.0110. The van der Waals surface area contributed by atoms with E-state index in [1.807, 2.05) is 0 Å². The van der Waals surface area contributed by atoms with Crippen LogP contribution in [-0.2, 0) is 20.0 Å². The fourth-order valence-electron chi connectivity index (χ4n) is 2.50. The van der Waals surface area contributed by atoms with E-state index in [2.05, 4.69) is 9.44 Å². The van der Waals surface area contributed by atoms with Crippen LogP contribution in [0.15, 0.2) is 88.7 Å². The topological polar surface area (TPSA) is 133 Å². The molecule has 0 heterocycles. The maximum Gasteiger partial charge on any atom is 0.488 e. The molecule has 0 unspecified atom stereocenters. The number of anilines is 2. The summed E-state index contributed by atoms with van der Waals surface area (Å²) in [6.45, 7) is 0. The molecule has 0 fully saturated rings. The Morgan fingerprint density at radius 3 is 1.52 bits per heavy atom. The summed E-state index contributed by atoms with van der Waals surface area (Å²) in [7, 11) is -9.91. The zero-order chi connectivity index (χ0) is 21.1. The van der Waals surface area contributed by atoms with Crippen LogP contribution in [0.3, 0.4) is 0 Å². The van der Waals surface area contributed by atoms with Gasteiger partial charge in [-0.05, 0) is 41.9 Å². The molecular formula is C18H17BN2O6S2. The standard InChI is InChI=1S/C18H17BN2O6S2/c22-19(23)14-11-12-17(20-28(24,25)15-7-3-1-4-8-15)18(13-14)21-29(26,27)16-9-5-2-6-10-16/h1-13,20-23H. The third-order valence-electron chi connectivity index (χ3n) is 3.94. The highest BCUT2D eigenvalue weighted by atomic mass is 32.2. The Hall–Kier alpha value is -2.86. The highest BCUT2D eigenvalue weighted by molar-refractivity contribution is 7.93. The first-order valence-electron chi connectivity index (χ1n) is 8.35. The Bertz CT molecular complexity index is 1200. The van der Waals surface area contributed by atoms with Crippen molar-refractivity contribution in [2.24, 2.45) is 0 Å². The highest BCUT2D eigenvalue weighted by Gasteiger charge is 2.22. The molecule has 29 heavy (non-hydrogen) atoms.